The Labute approximate surface area is 109 Å². The van der Waals surface area contributed by atoms with Gasteiger partial charge < -0.3 is 9.47 Å². The van der Waals surface area contributed by atoms with Crippen LogP contribution in [0, 0.1) is 10.1 Å². The van der Waals surface area contributed by atoms with Gasteiger partial charge in [-0.3, -0.25) is 10.1 Å². The summed E-state index contributed by atoms with van der Waals surface area (Å²) in [6.45, 7) is 0.342. The van der Waals surface area contributed by atoms with Gasteiger partial charge in [-0.05, 0) is 17.7 Å². The first-order valence-electron chi connectivity index (χ1n) is 5.55. The Bertz CT molecular complexity index is 552. The lowest BCUT2D eigenvalue weighted by molar-refractivity contribution is -0.385. The van der Waals surface area contributed by atoms with Crippen LogP contribution in [0.1, 0.15) is 5.56 Å². The maximum atomic E-state index is 10.5. The molecule has 0 aliphatic carbocycles. The van der Waals surface area contributed by atoms with Crippen molar-refractivity contribution in [2.75, 3.05) is 7.11 Å². The van der Waals surface area contributed by atoms with E-state index in [-0.39, 0.29) is 5.69 Å². The minimum Gasteiger partial charge on any atom is -0.497 e. The van der Waals surface area contributed by atoms with Crippen molar-refractivity contribution in [3.05, 3.63) is 58.3 Å². The van der Waals surface area contributed by atoms with Crippen molar-refractivity contribution in [2.24, 2.45) is 0 Å². The Kier molecular flexibility index (Phi) is 3.92. The highest BCUT2D eigenvalue weighted by molar-refractivity contribution is 5.30. The maximum Gasteiger partial charge on any atom is 0.287 e. The molecule has 19 heavy (non-hydrogen) atoms. The fourth-order valence-electron chi connectivity index (χ4n) is 1.44. The zero-order valence-electron chi connectivity index (χ0n) is 10.3. The SMILES string of the molecule is COc1ccc(COc2ccc([N+](=O)[O-])cn2)cc1. The van der Waals surface area contributed by atoms with E-state index in [2.05, 4.69) is 4.98 Å². The standard InChI is InChI=1S/C13H12N2O4/c1-18-12-5-2-10(3-6-12)9-19-13-7-4-11(8-14-13)15(16)17/h2-8H,9H2,1H3. The molecule has 0 unspecified atom stereocenters. The molecule has 0 spiro atoms. The number of hydrogen-bond acceptors (Lipinski definition) is 5. The van der Waals surface area contributed by atoms with Crippen LogP contribution in [0.3, 0.4) is 0 Å². The van der Waals surface area contributed by atoms with Crippen molar-refractivity contribution in [3.8, 4) is 11.6 Å². The van der Waals surface area contributed by atoms with E-state index < -0.39 is 4.92 Å². The molecule has 1 aromatic heterocycles. The second kappa shape index (κ2) is 5.81. The number of nitro groups is 1. The highest BCUT2D eigenvalue weighted by atomic mass is 16.6. The van der Waals surface area contributed by atoms with Gasteiger partial charge in [0, 0.05) is 12.1 Å². The summed E-state index contributed by atoms with van der Waals surface area (Å²) in [4.78, 5) is 13.8. The number of methoxy groups -OCH3 is 1. The summed E-state index contributed by atoms with van der Waals surface area (Å²) in [6.07, 6.45) is 1.17. The first-order chi connectivity index (χ1) is 9.19. The topological polar surface area (TPSA) is 74.5 Å². The molecule has 0 aliphatic rings. The van der Waals surface area contributed by atoms with Gasteiger partial charge in [0.1, 0.15) is 18.6 Å². The summed E-state index contributed by atoms with van der Waals surface area (Å²) in [5, 5.41) is 10.5. The van der Waals surface area contributed by atoms with Gasteiger partial charge in [0.25, 0.3) is 5.69 Å². The minimum absolute atomic E-state index is 0.0585. The van der Waals surface area contributed by atoms with E-state index in [1.807, 2.05) is 24.3 Å². The summed E-state index contributed by atoms with van der Waals surface area (Å²) in [6, 6.07) is 10.3. The molecule has 0 aliphatic heterocycles. The Morgan fingerprint density at radius 1 is 1.21 bits per heavy atom. The van der Waals surface area contributed by atoms with E-state index in [0.29, 0.717) is 12.5 Å². The third-order valence-corrected chi connectivity index (χ3v) is 2.48. The first-order valence-corrected chi connectivity index (χ1v) is 5.55. The molecule has 6 heteroatoms. The molecular weight excluding hydrogens is 248 g/mol. The van der Waals surface area contributed by atoms with Crippen LogP contribution in [0.2, 0.25) is 0 Å². The highest BCUT2D eigenvalue weighted by Crippen LogP contribution is 2.16. The minimum atomic E-state index is -0.500. The van der Waals surface area contributed by atoms with E-state index >= 15 is 0 Å². The largest absolute Gasteiger partial charge is 0.497 e. The number of rotatable bonds is 5. The predicted octanol–water partition coefficient (Wildman–Crippen LogP) is 2.58. The van der Waals surface area contributed by atoms with Crippen molar-refractivity contribution in [1.82, 2.24) is 4.98 Å². The molecule has 1 heterocycles. The van der Waals surface area contributed by atoms with Crippen LogP contribution in [-0.4, -0.2) is 17.0 Å². The smallest absolute Gasteiger partial charge is 0.287 e. The normalized spacial score (nSPS) is 9.95. The van der Waals surface area contributed by atoms with E-state index in [9.17, 15) is 10.1 Å². The number of ether oxygens (including phenoxy) is 2. The summed E-state index contributed by atoms with van der Waals surface area (Å²) in [5.41, 5.74) is 0.901. The van der Waals surface area contributed by atoms with Crippen molar-refractivity contribution in [2.45, 2.75) is 6.61 Å². The summed E-state index contributed by atoms with van der Waals surface area (Å²) in [5.74, 6) is 1.12. The van der Waals surface area contributed by atoms with Crippen molar-refractivity contribution < 1.29 is 14.4 Å². The summed E-state index contributed by atoms with van der Waals surface area (Å²) in [7, 11) is 1.60. The van der Waals surface area contributed by atoms with Gasteiger partial charge in [-0.15, -0.1) is 0 Å². The van der Waals surface area contributed by atoms with Crippen molar-refractivity contribution in [3.63, 3.8) is 0 Å². The molecule has 0 atom stereocenters. The van der Waals surface area contributed by atoms with E-state index in [0.717, 1.165) is 11.3 Å². The molecule has 6 nitrogen and oxygen atoms in total. The zero-order chi connectivity index (χ0) is 13.7. The van der Waals surface area contributed by atoms with E-state index in [1.165, 1.54) is 18.3 Å². The molecule has 0 amide bonds. The summed E-state index contributed by atoms with van der Waals surface area (Å²) >= 11 is 0. The number of benzene rings is 1. The quantitative estimate of drug-likeness (QED) is 0.610. The fourth-order valence-corrected chi connectivity index (χ4v) is 1.44. The van der Waals surface area contributed by atoms with Crippen molar-refractivity contribution in [1.29, 1.82) is 0 Å². The number of hydrogen-bond donors (Lipinski definition) is 0. The third-order valence-electron chi connectivity index (χ3n) is 2.48. The molecular formula is C13H12N2O4. The van der Waals surface area contributed by atoms with Crippen LogP contribution >= 0.6 is 0 Å². The molecule has 98 valence electrons. The Balaban J connectivity index is 1.95. The van der Waals surface area contributed by atoms with Gasteiger partial charge in [0.05, 0.1) is 12.0 Å². The molecule has 0 saturated heterocycles. The Morgan fingerprint density at radius 3 is 2.47 bits per heavy atom. The molecule has 2 rings (SSSR count). The van der Waals surface area contributed by atoms with Crippen LogP contribution in [-0.2, 0) is 6.61 Å². The van der Waals surface area contributed by atoms with E-state index in [1.54, 1.807) is 7.11 Å². The van der Waals surface area contributed by atoms with Gasteiger partial charge in [-0.25, -0.2) is 4.98 Å². The van der Waals surface area contributed by atoms with Crippen molar-refractivity contribution >= 4 is 5.69 Å². The lowest BCUT2D eigenvalue weighted by atomic mass is 10.2. The van der Waals surface area contributed by atoms with Gasteiger partial charge in [0.15, 0.2) is 0 Å². The van der Waals surface area contributed by atoms with Gasteiger partial charge >= 0.3 is 0 Å². The molecule has 1 aromatic carbocycles. The first kappa shape index (κ1) is 12.8. The van der Waals surface area contributed by atoms with Gasteiger partial charge in [-0.2, -0.15) is 0 Å². The number of aromatic nitrogens is 1. The lowest BCUT2D eigenvalue weighted by Crippen LogP contribution is -1.98. The molecule has 0 N–H and O–H groups in total. The van der Waals surface area contributed by atoms with Crippen LogP contribution < -0.4 is 9.47 Å². The van der Waals surface area contributed by atoms with Crippen LogP contribution in [0.5, 0.6) is 11.6 Å². The number of pyridine rings is 1. The second-order valence-electron chi connectivity index (χ2n) is 3.75. The third kappa shape index (κ3) is 3.41. The molecule has 0 fully saturated rings. The molecule has 0 bridgehead atoms. The predicted molar refractivity (Wildman–Crippen MR) is 68.2 cm³/mol. The van der Waals surface area contributed by atoms with Crippen LogP contribution in [0.15, 0.2) is 42.6 Å². The molecule has 0 radical (unpaired) electrons. The zero-order valence-corrected chi connectivity index (χ0v) is 10.3. The van der Waals surface area contributed by atoms with Crippen LogP contribution in [0.4, 0.5) is 5.69 Å². The number of nitrogens with zero attached hydrogens (tertiary/aromatic N) is 2. The van der Waals surface area contributed by atoms with E-state index in [4.69, 9.17) is 9.47 Å². The van der Waals surface area contributed by atoms with Gasteiger partial charge in [-0.1, -0.05) is 12.1 Å². The Hall–Kier alpha value is -2.63. The van der Waals surface area contributed by atoms with Crippen LogP contribution in [0.25, 0.3) is 0 Å². The average molecular weight is 260 g/mol. The maximum absolute atomic E-state index is 10.5. The fraction of sp³-hybridized carbons (Fsp3) is 0.154. The highest BCUT2D eigenvalue weighted by Gasteiger charge is 2.05. The Morgan fingerprint density at radius 2 is 1.95 bits per heavy atom. The molecule has 0 saturated carbocycles. The van der Waals surface area contributed by atoms with Gasteiger partial charge in [0.2, 0.25) is 5.88 Å². The summed E-state index contributed by atoms with van der Waals surface area (Å²) < 4.78 is 10.5. The monoisotopic (exact) mass is 260 g/mol. The molecule has 2 aromatic rings. The average Bonchev–Trinajstić information content (AvgIpc) is 2.46. The second-order valence-corrected chi connectivity index (χ2v) is 3.75. The lowest BCUT2D eigenvalue weighted by Gasteiger charge is -2.05.